The zero-order chi connectivity index (χ0) is 19.2. The topological polar surface area (TPSA) is 44.8 Å². The number of piperazine rings is 1. The normalized spacial score (nSPS) is 15.5. The molecule has 1 fully saturated rings. The number of carbonyl (C=O) groups excluding carboxylic acids is 1. The van der Waals surface area contributed by atoms with Crippen LogP contribution in [0.25, 0.3) is 0 Å². The molecule has 0 spiro atoms. The molecule has 27 heavy (non-hydrogen) atoms. The molecule has 0 aliphatic carbocycles. The van der Waals surface area contributed by atoms with Crippen LogP contribution in [0.2, 0.25) is 5.02 Å². The van der Waals surface area contributed by atoms with E-state index in [1.165, 1.54) is 5.56 Å². The van der Waals surface area contributed by atoms with Gasteiger partial charge in [-0.05, 0) is 42.3 Å². The summed E-state index contributed by atoms with van der Waals surface area (Å²) in [4.78, 5) is 16.9. The van der Waals surface area contributed by atoms with Crippen molar-refractivity contribution < 1.29 is 9.53 Å². The number of benzene rings is 2. The van der Waals surface area contributed by atoms with Gasteiger partial charge in [-0.2, -0.15) is 0 Å². The van der Waals surface area contributed by atoms with Crippen LogP contribution in [0.3, 0.4) is 0 Å². The summed E-state index contributed by atoms with van der Waals surface area (Å²) in [6.07, 6.45) is 0. The summed E-state index contributed by atoms with van der Waals surface area (Å²) in [5, 5.41) is 3.49. The minimum absolute atomic E-state index is 0.0237. The van der Waals surface area contributed by atoms with Crippen LogP contribution in [0.4, 0.5) is 5.69 Å². The summed E-state index contributed by atoms with van der Waals surface area (Å²) in [7, 11) is 1.68. The SMILES string of the molecule is COc1ccc(CN2CCN(CC(=O)Nc3ccc(C)cc3Cl)CC2)cc1. The zero-order valence-corrected chi connectivity index (χ0v) is 16.6. The van der Waals surface area contributed by atoms with Crippen molar-refractivity contribution in [3.05, 3.63) is 58.6 Å². The van der Waals surface area contributed by atoms with Gasteiger partial charge in [0, 0.05) is 32.7 Å². The fourth-order valence-corrected chi connectivity index (χ4v) is 3.49. The number of methoxy groups -OCH3 is 1. The predicted molar refractivity (Wildman–Crippen MR) is 110 cm³/mol. The van der Waals surface area contributed by atoms with Gasteiger partial charge in [0.2, 0.25) is 5.91 Å². The number of aryl methyl sites for hydroxylation is 1. The number of ether oxygens (including phenoxy) is 1. The van der Waals surface area contributed by atoms with E-state index in [-0.39, 0.29) is 5.91 Å². The number of hydrogen-bond donors (Lipinski definition) is 1. The van der Waals surface area contributed by atoms with Crippen LogP contribution >= 0.6 is 11.6 Å². The third-order valence-electron chi connectivity index (χ3n) is 4.80. The molecule has 1 heterocycles. The molecule has 1 aliphatic heterocycles. The van der Waals surface area contributed by atoms with Crippen molar-refractivity contribution in [1.82, 2.24) is 9.80 Å². The average molecular weight is 388 g/mol. The number of nitrogens with zero attached hydrogens (tertiary/aromatic N) is 2. The quantitative estimate of drug-likeness (QED) is 0.825. The lowest BCUT2D eigenvalue weighted by molar-refractivity contribution is -0.117. The van der Waals surface area contributed by atoms with Crippen LogP contribution in [0.15, 0.2) is 42.5 Å². The zero-order valence-electron chi connectivity index (χ0n) is 15.9. The lowest BCUT2D eigenvalue weighted by atomic mass is 10.2. The summed E-state index contributed by atoms with van der Waals surface area (Å²) in [6, 6.07) is 13.8. The number of carbonyl (C=O) groups is 1. The van der Waals surface area contributed by atoms with Crippen LogP contribution in [0.5, 0.6) is 5.75 Å². The first-order valence-corrected chi connectivity index (χ1v) is 9.55. The van der Waals surface area contributed by atoms with Gasteiger partial charge < -0.3 is 10.1 Å². The predicted octanol–water partition coefficient (Wildman–Crippen LogP) is 3.41. The molecule has 1 N–H and O–H groups in total. The average Bonchev–Trinajstić information content (AvgIpc) is 2.66. The molecular weight excluding hydrogens is 362 g/mol. The smallest absolute Gasteiger partial charge is 0.238 e. The minimum atomic E-state index is -0.0237. The van der Waals surface area contributed by atoms with Crippen LogP contribution < -0.4 is 10.1 Å². The Balaban J connectivity index is 1.44. The van der Waals surface area contributed by atoms with Gasteiger partial charge in [0.15, 0.2) is 0 Å². The molecule has 0 unspecified atom stereocenters. The van der Waals surface area contributed by atoms with Gasteiger partial charge in [-0.15, -0.1) is 0 Å². The fraction of sp³-hybridized carbons (Fsp3) is 0.381. The lowest BCUT2D eigenvalue weighted by Gasteiger charge is -2.34. The van der Waals surface area contributed by atoms with Crippen molar-refractivity contribution in [1.29, 1.82) is 0 Å². The fourth-order valence-electron chi connectivity index (χ4n) is 3.21. The molecule has 1 aliphatic rings. The molecular formula is C21H26ClN3O2. The van der Waals surface area contributed by atoms with E-state index in [4.69, 9.17) is 16.3 Å². The third-order valence-corrected chi connectivity index (χ3v) is 5.11. The molecule has 0 atom stereocenters. The number of rotatable bonds is 6. The van der Waals surface area contributed by atoms with Crippen LogP contribution in [0, 0.1) is 6.92 Å². The van der Waals surface area contributed by atoms with E-state index in [2.05, 4.69) is 27.2 Å². The Kier molecular flexibility index (Phi) is 6.72. The molecule has 2 aromatic carbocycles. The van der Waals surface area contributed by atoms with E-state index in [1.807, 2.05) is 37.3 Å². The monoisotopic (exact) mass is 387 g/mol. The number of nitrogens with one attached hydrogen (secondary N) is 1. The van der Waals surface area contributed by atoms with E-state index in [9.17, 15) is 4.79 Å². The second-order valence-electron chi connectivity index (χ2n) is 6.93. The Morgan fingerprint density at radius 1 is 1.07 bits per heavy atom. The molecule has 3 rings (SSSR count). The van der Waals surface area contributed by atoms with Gasteiger partial charge in [-0.3, -0.25) is 14.6 Å². The van der Waals surface area contributed by atoms with Crippen LogP contribution in [0.1, 0.15) is 11.1 Å². The molecule has 1 saturated heterocycles. The number of hydrogen-bond acceptors (Lipinski definition) is 4. The first-order chi connectivity index (χ1) is 13.0. The second-order valence-corrected chi connectivity index (χ2v) is 7.34. The Morgan fingerprint density at radius 2 is 1.74 bits per heavy atom. The van der Waals surface area contributed by atoms with Gasteiger partial charge in [0.1, 0.15) is 5.75 Å². The molecule has 5 nitrogen and oxygen atoms in total. The molecule has 2 aromatic rings. The first-order valence-electron chi connectivity index (χ1n) is 9.17. The summed E-state index contributed by atoms with van der Waals surface area (Å²) in [6.45, 7) is 6.94. The summed E-state index contributed by atoms with van der Waals surface area (Å²) in [5.41, 5.74) is 3.02. The highest BCUT2D eigenvalue weighted by molar-refractivity contribution is 6.33. The highest BCUT2D eigenvalue weighted by Gasteiger charge is 2.19. The molecule has 144 valence electrons. The molecule has 6 heteroatoms. The first kappa shape index (κ1) is 19.7. The van der Waals surface area contributed by atoms with Crippen molar-refractivity contribution >= 4 is 23.2 Å². The molecule has 1 amide bonds. The van der Waals surface area contributed by atoms with Crippen LogP contribution in [-0.2, 0) is 11.3 Å². The number of amides is 1. The van der Waals surface area contributed by atoms with Crippen molar-refractivity contribution in [2.45, 2.75) is 13.5 Å². The second kappa shape index (κ2) is 9.22. The van der Waals surface area contributed by atoms with Gasteiger partial charge in [-0.1, -0.05) is 29.8 Å². The largest absolute Gasteiger partial charge is 0.497 e. The van der Waals surface area contributed by atoms with Crippen molar-refractivity contribution in [2.24, 2.45) is 0 Å². The summed E-state index contributed by atoms with van der Waals surface area (Å²) in [5.74, 6) is 0.854. The highest BCUT2D eigenvalue weighted by Crippen LogP contribution is 2.22. The summed E-state index contributed by atoms with van der Waals surface area (Å²) >= 11 is 6.19. The van der Waals surface area contributed by atoms with E-state index in [1.54, 1.807) is 7.11 Å². The maximum atomic E-state index is 12.3. The Bertz CT molecular complexity index is 771. The molecule has 0 aromatic heterocycles. The lowest BCUT2D eigenvalue weighted by Crippen LogP contribution is -2.48. The van der Waals surface area contributed by atoms with Crippen LogP contribution in [-0.4, -0.2) is 55.5 Å². The maximum absolute atomic E-state index is 12.3. The van der Waals surface area contributed by atoms with Crippen molar-refractivity contribution in [2.75, 3.05) is 45.2 Å². The number of anilines is 1. The van der Waals surface area contributed by atoms with Crippen molar-refractivity contribution in [3.8, 4) is 5.75 Å². The van der Waals surface area contributed by atoms with E-state index in [0.717, 1.165) is 44.0 Å². The van der Waals surface area contributed by atoms with E-state index >= 15 is 0 Å². The highest BCUT2D eigenvalue weighted by atomic mass is 35.5. The van der Waals surface area contributed by atoms with Gasteiger partial charge in [0.05, 0.1) is 24.4 Å². The third kappa shape index (κ3) is 5.70. The Labute approximate surface area is 165 Å². The Morgan fingerprint density at radius 3 is 2.37 bits per heavy atom. The van der Waals surface area contributed by atoms with Gasteiger partial charge >= 0.3 is 0 Å². The summed E-state index contributed by atoms with van der Waals surface area (Å²) < 4.78 is 5.20. The molecule has 0 saturated carbocycles. The number of halogens is 1. The Hall–Kier alpha value is -2.08. The van der Waals surface area contributed by atoms with Gasteiger partial charge in [-0.25, -0.2) is 0 Å². The minimum Gasteiger partial charge on any atom is -0.497 e. The van der Waals surface area contributed by atoms with Gasteiger partial charge in [0.25, 0.3) is 0 Å². The van der Waals surface area contributed by atoms with E-state index < -0.39 is 0 Å². The molecule has 0 radical (unpaired) electrons. The van der Waals surface area contributed by atoms with E-state index in [0.29, 0.717) is 17.3 Å². The standard InChI is InChI=1S/C21H26ClN3O2/c1-16-3-8-20(19(22)13-16)23-21(26)15-25-11-9-24(10-12-25)14-17-4-6-18(27-2)7-5-17/h3-8,13H,9-12,14-15H2,1-2H3,(H,23,26). The molecule has 0 bridgehead atoms. The van der Waals surface area contributed by atoms with Crippen molar-refractivity contribution in [3.63, 3.8) is 0 Å². The maximum Gasteiger partial charge on any atom is 0.238 e.